The summed E-state index contributed by atoms with van der Waals surface area (Å²) < 4.78 is 5.31. The van der Waals surface area contributed by atoms with Gasteiger partial charge in [-0.1, -0.05) is 30.1 Å². The average molecular weight is 276 g/mol. The van der Waals surface area contributed by atoms with Crippen LogP contribution in [0.2, 0.25) is 10.0 Å². The molecule has 0 spiro atoms. The van der Waals surface area contributed by atoms with E-state index in [9.17, 15) is 9.59 Å². The van der Waals surface area contributed by atoms with E-state index in [4.69, 9.17) is 33.7 Å². The smallest absolute Gasteiger partial charge is 0.223 e. The monoisotopic (exact) mass is 275 g/mol. The first-order valence-corrected chi connectivity index (χ1v) is 5.57. The van der Waals surface area contributed by atoms with E-state index in [0.717, 1.165) is 0 Å². The predicted octanol–water partition coefficient (Wildman–Crippen LogP) is 2.31. The third-order valence-electron chi connectivity index (χ3n) is 2.13. The normalized spacial score (nSPS) is 11.9. The quantitative estimate of drug-likeness (QED) is 0.839. The lowest BCUT2D eigenvalue weighted by Crippen LogP contribution is -2.26. The Bertz CT molecular complexity index is 449. The molecule has 0 bridgehead atoms. The zero-order valence-corrected chi connectivity index (χ0v) is 10.6. The van der Waals surface area contributed by atoms with Crippen LogP contribution >= 0.6 is 23.2 Å². The molecule has 0 heterocycles. The van der Waals surface area contributed by atoms with Gasteiger partial charge in [0.15, 0.2) is 6.29 Å². The van der Waals surface area contributed by atoms with Gasteiger partial charge in [-0.25, -0.2) is 0 Å². The van der Waals surface area contributed by atoms with Gasteiger partial charge < -0.3 is 10.5 Å². The molecule has 6 heteroatoms. The highest BCUT2D eigenvalue weighted by molar-refractivity contribution is 6.36. The van der Waals surface area contributed by atoms with Gasteiger partial charge in [0.25, 0.3) is 0 Å². The molecule has 0 aliphatic heterocycles. The zero-order chi connectivity index (χ0) is 13.0. The van der Waals surface area contributed by atoms with Gasteiger partial charge in [0.05, 0.1) is 23.1 Å². The van der Waals surface area contributed by atoms with Gasteiger partial charge in [-0.15, -0.1) is 0 Å². The minimum atomic E-state index is -0.484. The van der Waals surface area contributed by atoms with Gasteiger partial charge >= 0.3 is 0 Å². The summed E-state index contributed by atoms with van der Waals surface area (Å²) in [6, 6.07) is 2.89. The second kappa shape index (κ2) is 5.89. The lowest BCUT2D eigenvalue weighted by molar-refractivity contribution is -0.122. The van der Waals surface area contributed by atoms with Crippen LogP contribution in [0.1, 0.15) is 17.3 Å². The first-order valence-electron chi connectivity index (χ1n) is 4.82. The minimum absolute atomic E-state index is 0.0531. The number of nitrogens with two attached hydrogens (primary N) is 1. The van der Waals surface area contributed by atoms with Gasteiger partial charge in [0.1, 0.15) is 5.75 Å². The van der Waals surface area contributed by atoms with E-state index < -0.39 is 11.8 Å². The number of carbonyl (C=O) groups is 2. The first-order chi connectivity index (χ1) is 7.95. The summed E-state index contributed by atoms with van der Waals surface area (Å²) in [7, 11) is 0. The third-order valence-corrected chi connectivity index (χ3v) is 2.63. The van der Waals surface area contributed by atoms with Crippen LogP contribution in [-0.2, 0) is 4.79 Å². The lowest BCUT2D eigenvalue weighted by atomic mass is 10.2. The molecule has 1 amide bonds. The van der Waals surface area contributed by atoms with Crippen molar-refractivity contribution in [2.75, 3.05) is 6.61 Å². The van der Waals surface area contributed by atoms with E-state index in [1.807, 2.05) is 0 Å². The minimum Gasteiger partial charge on any atom is -0.490 e. The maximum absolute atomic E-state index is 10.8. The zero-order valence-electron chi connectivity index (χ0n) is 9.07. The third kappa shape index (κ3) is 3.61. The van der Waals surface area contributed by atoms with Crippen molar-refractivity contribution < 1.29 is 14.3 Å². The fraction of sp³-hybridized carbons (Fsp3) is 0.273. The number of primary amides is 1. The maximum atomic E-state index is 10.8. The predicted molar refractivity (Wildman–Crippen MR) is 65.7 cm³/mol. The highest BCUT2D eigenvalue weighted by Crippen LogP contribution is 2.31. The Morgan fingerprint density at radius 1 is 1.53 bits per heavy atom. The Morgan fingerprint density at radius 3 is 2.71 bits per heavy atom. The van der Waals surface area contributed by atoms with Gasteiger partial charge in [-0.3, -0.25) is 9.59 Å². The van der Waals surface area contributed by atoms with Gasteiger partial charge in [0, 0.05) is 5.02 Å². The summed E-state index contributed by atoms with van der Waals surface area (Å²) in [6.45, 7) is 1.67. The Balaban J connectivity index is 2.90. The van der Waals surface area contributed by atoms with Crippen LogP contribution in [-0.4, -0.2) is 18.8 Å². The Kier molecular flexibility index (Phi) is 4.78. The van der Waals surface area contributed by atoms with Crippen molar-refractivity contribution in [2.24, 2.45) is 11.7 Å². The number of aldehydes is 1. The van der Waals surface area contributed by atoms with Gasteiger partial charge in [-0.2, -0.15) is 0 Å². The summed E-state index contributed by atoms with van der Waals surface area (Å²) in [4.78, 5) is 21.7. The Labute approximate surface area is 109 Å². The van der Waals surface area contributed by atoms with Crippen molar-refractivity contribution in [3.63, 3.8) is 0 Å². The van der Waals surface area contributed by atoms with Crippen molar-refractivity contribution in [1.82, 2.24) is 0 Å². The molecule has 1 unspecified atom stereocenters. The van der Waals surface area contributed by atoms with Crippen LogP contribution in [0.3, 0.4) is 0 Å². The Morgan fingerprint density at radius 2 is 2.18 bits per heavy atom. The van der Waals surface area contributed by atoms with Crippen LogP contribution < -0.4 is 10.5 Å². The van der Waals surface area contributed by atoms with E-state index in [0.29, 0.717) is 11.3 Å². The number of hydrogen-bond acceptors (Lipinski definition) is 3. The number of rotatable bonds is 5. The van der Waals surface area contributed by atoms with Gasteiger partial charge in [-0.05, 0) is 12.1 Å². The lowest BCUT2D eigenvalue weighted by Gasteiger charge is -2.13. The number of halogens is 2. The number of carbonyl (C=O) groups excluding carboxylic acids is 2. The molecule has 0 radical (unpaired) electrons. The fourth-order valence-corrected chi connectivity index (χ4v) is 1.67. The number of amides is 1. The first kappa shape index (κ1) is 13.8. The molecule has 1 aromatic rings. The van der Waals surface area contributed by atoms with E-state index >= 15 is 0 Å². The summed E-state index contributed by atoms with van der Waals surface area (Å²) in [6.07, 6.45) is 0.585. The molecule has 1 atom stereocenters. The fourth-order valence-electron chi connectivity index (χ4n) is 1.11. The second-order valence-corrected chi connectivity index (χ2v) is 4.38. The molecule has 0 aliphatic carbocycles. The van der Waals surface area contributed by atoms with Crippen LogP contribution in [0.15, 0.2) is 12.1 Å². The van der Waals surface area contributed by atoms with Crippen molar-refractivity contribution >= 4 is 35.4 Å². The van der Waals surface area contributed by atoms with Crippen LogP contribution in [0, 0.1) is 5.92 Å². The Hall–Kier alpha value is -1.26. The van der Waals surface area contributed by atoms with Crippen LogP contribution in [0.4, 0.5) is 0 Å². The molecule has 4 nitrogen and oxygen atoms in total. The van der Waals surface area contributed by atoms with Crippen molar-refractivity contribution in [3.05, 3.63) is 27.7 Å². The summed E-state index contributed by atoms with van der Waals surface area (Å²) in [5.74, 6) is -0.747. The SMILES string of the molecule is CC(COc1c(Cl)cc(Cl)cc1C=O)C(N)=O. The largest absolute Gasteiger partial charge is 0.490 e. The van der Waals surface area contributed by atoms with E-state index in [2.05, 4.69) is 0 Å². The molecule has 0 aliphatic rings. The second-order valence-electron chi connectivity index (χ2n) is 3.54. The van der Waals surface area contributed by atoms with Crippen molar-refractivity contribution in [2.45, 2.75) is 6.92 Å². The summed E-state index contributed by atoms with van der Waals surface area (Å²) in [5, 5.41) is 0.559. The van der Waals surface area contributed by atoms with Crippen molar-refractivity contribution in [1.29, 1.82) is 0 Å². The van der Waals surface area contributed by atoms with Crippen molar-refractivity contribution in [3.8, 4) is 5.75 Å². The molecule has 92 valence electrons. The molecule has 0 fully saturated rings. The molecule has 0 saturated heterocycles. The van der Waals surface area contributed by atoms with E-state index in [1.54, 1.807) is 6.92 Å². The topological polar surface area (TPSA) is 69.4 Å². The number of hydrogen-bond donors (Lipinski definition) is 1. The molecule has 1 aromatic carbocycles. The number of ether oxygens (including phenoxy) is 1. The standard InChI is InChI=1S/C11H11Cl2NO3/c1-6(11(14)16)5-17-10-7(4-15)2-8(12)3-9(10)13/h2-4,6H,5H2,1H3,(H2,14,16). The average Bonchev–Trinajstić information content (AvgIpc) is 2.26. The van der Waals surface area contributed by atoms with Crippen LogP contribution in [0.5, 0.6) is 5.75 Å². The maximum Gasteiger partial charge on any atom is 0.223 e. The molecule has 1 rings (SSSR count). The highest BCUT2D eigenvalue weighted by atomic mass is 35.5. The summed E-state index contributed by atoms with van der Waals surface area (Å²) in [5.41, 5.74) is 5.33. The number of benzene rings is 1. The molecular weight excluding hydrogens is 265 g/mol. The van der Waals surface area contributed by atoms with E-state index in [1.165, 1.54) is 12.1 Å². The molecular formula is C11H11Cl2NO3. The molecule has 0 saturated carbocycles. The highest BCUT2D eigenvalue weighted by Gasteiger charge is 2.14. The van der Waals surface area contributed by atoms with Gasteiger partial charge in [0.2, 0.25) is 5.91 Å². The summed E-state index contributed by atoms with van der Waals surface area (Å²) >= 11 is 11.6. The molecule has 17 heavy (non-hydrogen) atoms. The van der Waals surface area contributed by atoms with Crippen LogP contribution in [0.25, 0.3) is 0 Å². The molecule has 0 aromatic heterocycles. The van der Waals surface area contributed by atoms with E-state index in [-0.39, 0.29) is 22.9 Å². The molecule has 2 N–H and O–H groups in total.